The predicted molar refractivity (Wildman–Crippen MR) is 258 cm³/mol. The van der Waals surface area contributed by atoms with Gasteiger partial charge in [-0.1, -0.05) is 59.8 Å². The van der Waals surface area contributed by atoms with Crippen LogP contribution in [0.4, 0.5) is 11.6 Å². The summed E-state index contributed by atoms with van der Waals surface area (Å²) in [5.41, 5.74) is 5.90. The molecule has 0 spiro atoms. The summed E-state index contributed by atoms with van der Waals surface area (Å²) in [6.45, 7) is 4.41. The van der Waals surface area contributed by atoms with E-state index in [1.165, 1.54) is 5.56 Å². The van der Waals surface area contributed by atoms with Crippen LogP contribution < -0.4 is 21.3 Å². The van der Waals surface area contributed by atoms with Crippen LogP contribution in [0, 0.1) is 0 Å². The summed E-state index contributed by atoms with van der Waals surface area (Å²) < 4.78 is 9.60. The molecule has 5 N–H and O–H groups in total. The highest BCUT2D eigenvalue weighted by atomic mass is 16.5. The molecule has 19 nitrogen and oxygen atoms in total. The normalized spacial score (nSPS) is 16.5. The van der Waals surface area contributed by atoms with Gasteiger partial charge >= 0.3 is 0 Å². The minimum absolute atomic E-state index is 0.0830. The molecule has 2 saturated heterocycles. The maximum atomic E-state index is 13.0. The van der Waals surface area contributed by atoms with Crippen LogP contribution in [0.25, 0.3) is 0 Å². The number of amides is 4. The summed E-state index contributed by atoms with van der Waals surface area (Å²) in [4.78, 5) is 52.5. The Hall–Kier alpha value is -7.12. The molecule has 8 rings (SSSR count). The third-order valence-corrected chi connectivity index (χ3v) is 12.8. The van der Waals surface area contributed by atoms with Crippen LogP contribution in [0.1, 0.15) is 112 Å². The Morgan fingerprint density at radius 1 is 0.710 bits per heavy atom. The Bertz CT molecular complexity index is 2570. The van der Waals surface area contributed by atoms with Crippen molar-refractivity contribution in [3.05, 3.63) is 131 Å². The smallest absolute Gasteiger partial charge is 0.273 e. The van der Waals surface area contributed by atoms with Crippen LogP contribution in [-0.2, 0) is 46.7 Å². The van der Waals surface area contributed by atoms with E-state index in [0.717, 1.165) is 106 Å². The highest BCUT2D eigenvalue weighted by molar-refractivity contribution is 5.93. The van der Waals surface area contributed by atoms with Crippen molar-refractivity contribution in [1.82, 2.24) is 60.7 Å². The molecule has 4 aromatic heterocycles. The highest BCUT2D eigenvalue weighted by Gasteiger charge is 2.26. The molecule has 6 heterocycles. The molecule has 4 amide bonds. The van der Waals surface area contributed by atoms with E-state index in [4.69, 9.17) is 4.74 Å². The Morgan fingerprint density at radius 3 is 2.10 bits per heavy atom. The average molecular weight is 939 g/mol. The van der Waals surface area contributed by atoms with Gasteiger partial charge in [-0.25, -0.2) is 0 Å². The third kappa shape index (κ3) is 14.4. The fourth-order valence-electron chi connectivity index (χ4n) is 8.96. The molecular formula is C50H62N14O5. The number of rotatable bonds is 22. The van der Waals surface area contributed by atoms with Crippen LogP contribution in [0.2, 0.25) is 0 Å². The van der Waals surface area contributed by atoms with Crippen LogP contribution >= 0.6 is 0 Å². The van der Waals surface area contributed by atoms with Crippen molar-refractivity contribution < 1.29 is 23.9 Å². The number of aromatic amines is 1. The number of nitrogens with zero attached hydrogens (tertiary/aromatic N) is 9. The molecule has 0 saturated carbocycles. The van der Waals surface area contributed by atoms with Crippen molar-refractivity contribution in [1.29, 1.82) is 0 Å². The lowest BCUT2D eigenvalue weighted by Gasteiger charge is -2.31. The first-order valence-corrected chi connectivity index (χ1v) is 24.1. The maximum absolute atomic E-state index is 13.0. The number of hydrogen-bond acceptors (Lipinski definition) is 12. The fraction of sp³-hybridized carbons (Fsp3) is 0.440. The van der Waals surface area contributed by atoms with Gasteiger partial charge in [0.15, 0.2) is 17.3 Å². The number of hydrogen-bond donors (Lipinski definition) is 5. The number of H-pyrrole nitrogens is 1. The molecule has 0 radical (unpaired) electrons. The molecule has 2 aliphatic rings. The first-order chi connectivity index (χ1) is 33.7. The average Bonchev–Trinajstić information content (AvgIpc) is 3.84. The number of piperidine rings is 1. The lowest BCUT2D eigenvalue weighted by atomic mass is 9.87. The van der Waals surface area contributed by atoms with Crippen molar-refractivity contribution in [2.24, 2.45) is 0 Å². The van der Waals surface area contributed by atoms with Crippen molar-refractivity contribution in [2.75, 3.05) is 50.5 Å². The Kier molecular flexibility index (Phi) is 17.0. The number of unbranched alkanes of at least 4 members (excludes halogenated alkanes) is 2. The van der Waals surface area contributed by atoms with E-state index >= 15 is 0 Å². The third-order valence-electron chi connectivity index (χ3n) is 12.8. The standard InChI is InChI=1S/C50H62N14O5/c1-51-49(67)44-33-63(60-44)23-7-5-14-40-16-18-45(58-55-40)53-47(65)29-35-10-9-13-38(28-35)39-22-27-69-42(30-39)31-52-50(68)43-32-64(61-57-43)24-8-6-15-41-17-19-46(59-56-41)54-48(66)34-62-25-20-37(21-26-62)36-11-3-2-4-12-36/h2-4,9-13,16-19,28,32-33,37,39,42,60H,5-8,14-15,20-27,29-31,34H2,1H3,(H,51,67)(H,52,68)(H,53,58,65)(H,54,59,66). The zero-order valence-corrected chi connectivity index (χ0v) is 39.2. The number of aromatic nitrogens is 9. The first-order valence-electron chi connectivity index (χ1n) is 24.1. The van der Waals surface area contributed by atoms with Crippen molar-refractivity contribution in [2.45, 2.75) is 102 Å². The largest absolute Gasteiger partial charge is 0.376 e. The molecule has 2 atom stereocenters. The van der Waals surface area contributed by atoms with E-state index < -0.39 is 0 Å². The second-order valence-corrected chi connectivity index (χ2v) is 17.9. The van der Waals surface area contributed by atoms with Crippen molar-refractivity contribution >= 4 is 35.3 Å². The van der Waals surface area contributed by atoms with E-state index in [0.29, 0.717) is 49.5 Å². The molecule has 0 aliphatic carbocycles. The predicted octanol–water partition coefficient (Wildman–Crippen LogP) is 5.09. The highest BCUT2D eigenvalue weighted by Crippen LogP contribution is 2.31. The maximum Gasteiger partial charge on any atom is 0.273 e. The number of aryl methyl sites for hydroxylation is 4. The number of benzene rings is 2. The zero-order chi connectivity index (χ0) is 47.8. The van der Waals surface area contributed by atoms with E-state index in [9.17, 15) is 19.2 Å². The minimum atomic E-state index is -0.304. The molecule has 362 valence electrons. The van der Waals surface area contributed by atoms with Crippen LogP contribution in [0.3, 0.4) is 0 Å². The van der Waals surface area contributed by atoms with E-state index in [2.05, 4.69) is 98.4 Å². The molecule has 0 bridgehead atoms. The van der Waals surface area contributed by atoms with Gasteiger partial charge in [-0.2, -0.15) is 10.2 Å². The molecule has 6 aromatic rings. The molecular weight excluding hydrogens is 877 g/mol. The van der Waals surface area contributed by atoms with Gasteiger partial charge in [0.25, 0.3) is 11.8 Å². The summed E-state index contributed by atoms with van der Waals surface area (Å²) >= 11 is 0. The first kappa shape index (κ1) is 48.3. The number of carbonyl (C=O) groups is 4. The number of carbonyl (C=O) groups excluding carboxylic acids is 4. The van der Waals surface area contributed by atoms with E-state index in [-0.39, 0.29) is 47.8 Å². The molecule has 19 heteroatoms. The van der Waals surface area contributed by atoms with Gasteiger partial charge in [0.2, 0.25) is 11.8 Å². The van der Waals surface area contributed by atoms with E-state index in [1.807, 2.05) is 35.0 Å². The molecule has 2 aliphatic heterocycles. The van der Waals surface area contributed by atoms with Gasteiger partial charge in [-0.15, -0.1) is 15.3 Å². The van der Waals surface area contributed by atoms with Gasteiger partial charge < -0.3 is 26.0 Å². The van der Waals surface area contributed by atoms with Crippen molar-refractivity contribution in [3.63, 3.8) is 0 Å². The van der Waals surface area contributed by atoms with Gasteiger partial charge in [0, 0.05) is 33.3 Å². The van der Waals surface area contributed by atoms with Gasteiger partial charge in [-0.3, -0.25) is 38.5 Å². The Morgan fingerprint density at radius 2 is 1.41 bits per heavy atom. The summed E-state index contributed by atoms with van der Waals surface area (Å²) in [5.74, 6) is 0.927. The summed E-state index contributed by atoms with van der Waals surface area (Å²) in [5, 5.41) is 39.6. The van der Waals surface area contributed by atoms with Crippen molar-refractivity contribution in [3.8, 4) is 0 Å². The topological polar surface area (TPSA) is 232 Å². The second kappa shape index (κ2) is 24.2. The molecule has 2 aromatic carbocycles. The molecule has 2 fully saturated rings. The Balaban J connectivity index is 0.688. The zero-order valence-electron chi connectivity index (χ0n) is 39.2. The molecule has 2 unspecified atom stereocenters. The number of anilines is 2. The summed E-state index contributed by atoms with van der Waals surface area (Å²) in [7, 11) is 1.60. The summed E-state index contributed by atoms with van der Waals surface area (Å²) in [6.07, 6.45) is 12.1. The lowest BCUT2D eigenvalue weighted by molar-refractivity contribution is -0.117. The monoisotopic (exact) mass is 939 g/mol. The number of ether oxygens (including phenoxy) is 1. The van der Waals surface area contributed by atoms with Crippen LogP contribution in [0.15, 0.2) is 91.3 Å². The summed E-state index contributed by atoms with van der Waals surface area (Å²) in [6, 6.07) is 26.0. The van der Waals surface area contributed by atoms with Gasteiger partial charge in [-0.05, 0) is 130 Å². The van der Waals surface area contributed by atoms with E-state index in [1.54, 1.807) is 36.3 Å². The number of nitrogens with one attached hydrogen (secondary N) is 5. The van der Waals surface area contributed by atoms with Crippen LogP contribution in [-0.4, -0.2) is 120 Å². The Labute approximate surface area is 401 Å². The number of likely N-dealkylation sites (tertiary alicyclic amines) is 1. The van der Waals surface area contributed by atoms with Gasteiger partial charge in [0.1, 0.15) is 5.69 Å². The van der Waals surface area contributed by atoms with Crippen LogP contribution in [0.5, 0.6) is 0 Å². The fourth-order valence-corrected chi connectivity index (χ4v) is 8.96. The second-order valence-electron chi connectivity index (χ2n) is 17.9. The lowest BCUT2D eigenvalue weighted by Crippen LogP contribution is -2.38. The molecule has 69 heavy (non-hydrogen) atoms. The SMILES string of the molecule is CNC(=O)c1cn(CCCCc2ccc(NC(=O)Cc3cccc(C4CCOC(CNC(=O)c5cn(CCCCc6ccc(NC(=O)CN7CCC(c8ccccc8)CC7)nn6)nn5)C4)c3)nn2)[nH]1. The quantitative estimate of drug-likeness (QED) is 0.0561. The minimum Gasteiger partial charge on any atom is -0.376 e. The van der Waals surface area contributed by atoms with Gasteiger partial charge in [0.05, 0.1) is 42.9 Å².